The summed E-state index contributed by atoms with van der Waals surface area (Å²) in [5.74, 6) is -2.63. The van der Waals surface area contributed by atoms with E-state index in [-0.39, 0.29) is 5.69 Å². The Hall–Kier alpha value is -0.650. The highest BCUT2D eigenvalue weighted by Crippen LogP contribution is 2.64. The lowest BCUT2D eigenvalue weighted by atomic mass is 10.3. The fraction of sp³-hybridized carbons (Fsp3) is 0.400. The summed E-state index contributed by atoms with van der Waals surface area (Å²) < 4.78 is 11.4. The van der Waals surface area contributed by atoms with E-state index in [1.807, 2.05) is 4.67 Å². The van der Waals surface area contributed by atoms with Crippen molar-refractivity contribution in [1.29, 1.82) is 0 Å². The Kier molecular flexibility index (Phi) is 4.81. The van der Waals surface area contributed by atoms with Gasteiger partial charge in [-0.05, 0) is 34.6 Å². The molecular formula is C10H12Cl2N3O3P. The molecule has 0 amide bonds. The van der Waals surface area contributed by atoms with E-state index in [1.165, 1.54) is 24.3 Å². The van der Waals surface area contributed by atoms with Gasteiger partial charge in [0.1, 0.15) is 0 Å². The predicted octanol–water partition coefficient (Wildman–Crippen LogP) is 3.98. The van der Waals surface area contributed by atoms with Crippen LogP contribution in [0.25, 0.3) is 0 Å². The van der Waals surface area contributed by atoms with Crippen molar-refractivity contribution in [3.05, 3.63) is 34.4 Å². The number of nitro benzene ring substituents is 1. The first-order valence-corrected chi connectivity index (χ1v) is 9.09. The molecule has 1 heterocycles. The number of ether oxygens (including phenoxy) is 1. The minimum Gasteiger partial charge on any atom is -0.379 e. The summed E-state index contributed by atoms with van der Waals surface area (Å²) in [6.45, 7) is 2.43. The smallest absolute Gasteiger partial charge is 0.269 e. The molecule has 0 aromatic heterocycles. The zero-order chi connectivity index (χ0) is 13.9. The van der Waals surface area contributed by atoms with Crippen LogP contribution in [0.1, 0.15) is 0 Å². The quantitative estimate of drug-likeness (QED) is 0.479. The molecule has 0 aliphatic carbocycles. The minimum absolute atomic E-state index is 0.0124. The van der Waals surface area contributed by atoms with Crippen LogP contribution in [-0.4, -0.2) is 35.9 Å². The largest absolute Gasteiger partial charge is 0.379 e. The first-order chi connectivity index (χ1) is 8.99. The molecule has 0 unspecified atom stereocenters. The zero-order valence-corrected chi connectivity index (χ0v) is 12.3. The van der Waals surface area contributed by atoms with Crippen LogP contribution in [-0.2, 0) is 4.74 Å². The van der Waals surface area contributed by atoms with Gasteiger partial charge in [0.2, 0.25) is 5.91 Å². The molecule has 0 atom stereocenters. The van der Waals surface area contributed by atoms with Gasteiger partial charge in [0, 0.05) is 25.2 Å². The summed E-state index contributed by atoms with van der Waals surface area (Å²) in [6.07, 6.45) is 0. The Morgan fingerprint density at radius 3 is 2.37 bits per heavy atom. The molecule has 1 aromatic rings. The molecule has 1 aliphatic rings. The molecule has 1 aliphatic heterocycles. The Morgan fingerprint density at radius 2 is 1.84 bits per heavy atom. The molecule has 6 nitrogen and oxygen atoms in total. The highest BCUT2D eigenvalue weighted by molar-refractivity contribution is 8.08. The van der Waals surface area contributed by atoms with Crippen molar-refractivity contribution in [2.45, 2.75) is 0 Å². The number of nitro groups is 1. The van der Waals surface area contributed by atoms with Crippen LogP contribution in [0.5, 0.6) is 0 Å². The van der Waals surface area contributed by atoms with Crippen molar-refractivity contribution in [3.8, 4) is 0 Å². The van der Waals surface area contributed by atoms with E-state index in [2.05, 4.69) is 4.74 Å². The van der Waals surface area contributed by atoms with E-state index >= 15 is 0 Å². The summed E-state index contributed by atoms with van der Waals surface area (Å²) in [6, 6.07) is 5.84. The molecule has 1 fully saturated rings. The average Bonchev–Trinajstić information content (AvgIpc) is 2.40. The van der Waals surface area contributed by atoms with Gasteiger partial charge in [-0.2, -0.15) is 0 Å². The van der Waals surface area contributed by atoms with Crippen molar-refractivity contribution in [2.75, 3.05) is 26.3 Å². The summed E-state index contributed by atoms with van der Waals surface area (Å²) in [5.41, 5.74) is 0.550. The maximum absolute atomic E-state index is 10.6. The Labute approximate surface area is 120 Å². The van der Waals surface area contributed by atoms with Crippen molar-refractivity contribution >= 4 is 39.8 Å². The maximum Gasteiger partial charge on any atom is 0.269 e. The average molecular weight is 324 g/mol. The lowest BCUT2D eigenvalue weighted by molar-refractivity contribution is -0.384. The highest BCUT2D eigenvalue weighted by Gasteiger charge is 2.25. The number of non-ortho nitro benzene ring substituents is 1. The summed E-state index contributed by atoms with van der Waals surface area (Å²) in [4.78, 5) is 10.1. The van der Waals surface area contributed by atoms with Gasteiger partial charge in [0.25, 0.3) is 5.69 Å². The van der Waals surface area contributed by atoms with E-state index in [9.17, 15) is 10.1 Å². The van der Waals surface area contributed by atoms with Crippen LogP contribution in [0.2, 0.25) is 0 Å². The Morgan fingerprint density at radius 1 is 1.26 bits per heavy atom. The van der Waals surface area contributed by atoms with Crippen LogP contribution in [0.3, 0.4) is 0 Å². The fourth-order valence-corrected chi connectivity index (χ4v) is 4.25. The molecule has 104 valence electrons. The fourth-order valence-electron chi connectivity index (χ4n) is 1.64. The molecule has 0 radical (unpaired) electrons. The maximum atomic E-state index is 10.6. The van der Waals surface area contributed by atoms with Crippen molar-refractivity contribution in [3.63, 3.8) is 0 Å². The number of halogens is 2. The van der Waals surface area contributed by atoms with Crippen LogP contribution >= 0.6 is 28.4 Å². The minimum atomic E-state index is -2.63. The van der Waals surface area contributed by atoms with Crippen LogP contribution in [0.4, 0.5) is 11.4 Å². The molecule has 0 N–H and O–H groups in total. The standard InChI is InChI=1S/C10H12Cl2N3O3P/c11-19(12,14-5-7-18-8-6-14)13-9-1-3-10(4-2-9)15(16)17/h1-4H,5-8H2. The number of nitrogens with zero attached hydrogens (tertiary/aromatic N) is 3. The first-order valence-electron chi connectivity index (χ1n) is 5.58. The van der Waals surface area contributed by atoms with Gasteiger partial charge in [0.15, 0.2) is 0 Å². The zero-order valence-electron chi connectivity index (χ0n) is 9.91. The number of benzene rings is 1. The van der Waals surface area contributed by atoms with Gasteiger partial charge in [-0.1, -0.05) is 0 Å². The molecule has 0 spiro atoms. The molecule has 9 heteroatoms. The van der Waals surface area contributed by atoms with E-state index < -0.39 is 10.8 Å². The first kappa shape index (κ1) is 14.8. The Bertz CT molecular complexity index is 511. The van der Waals surface area contributed by atoms with Gasteiger partial charge < -0.3 is 4.74 Å². The molecule has 0 bridgehead atoms. The van der Waals surface area contributed by atoms with Gasteiger partial charge >= 0.3 is 0 Å². The Balaban J connectivity index is 2.20. The van der Waals surface area contributed by atoms with E-state index in [0.29, 0.717) is 32.0 Å². The van der Waals surface area contributed by atoms with Crippen LogP contribution < -0.4 is 0 Å². The monoisotopic (exact) mass is 323 g/mol. The molecule has 1 saturated heterocycles. The number of morpholine rings is 1. The van der Waals surface area contributed by atoms with Gasteiger partial charge in [-0.25, -0.2) is 9.42 Å². The molecule has 19 heavy (non-hydrogen) atoms. The summed E-state index contributed by atoms with van der Waals surface area (Å²) in [5, 5.41) is 10.6. The van der Waals surface area contributed by atoms with E-state index in [0.717, 1.165) is 0 Å². The number of rotatable bonds is 3. The topological polar surface area (TPSA) is 68.0 Å². The molecular weight excluding hydrogens is 312 g/mol. The summed E-state index contributed by atoms with van der Waals surface area (Å²) >= 11 is 12.6. The lowest BCUT2D eigenvalue weighted by Gasteiger charge is -2.30. The van der Waals surface area contributed by atoms with Gasteiger partial charge in [0.05, 0.1) is 23.8 Å². The van der Waals surface area contributed by atoms with Crippen molar-refractivity contribution in [1.82, 2.24) is 4.67 Å². The van der Waals surface area contributed by atoms with Crippen molar-refractivity contribution < 1.29 is 9.66 Å². The normalized spacial score (nSPS) is 17.2. The van der Waals surface area contributed by atoms with Crippen molar-refractivity contribution in [2.24, 2.45) is 4.74 Å². The van der Waals surface area contributed by atoms with E-state index in [1.54, 1.807) is 0 Å². The lowest BCUT2D eigenvalue weighted by Crippen LogP contribution is -2.31. The molecule has 0 saturated carbocycles. The summed E-state index contributed by atoms with van der Waals surface area (Å²) in [7, 11) is 0. The molecule has 2 rings (SSSR count). The predicted molar refractivity (Wildman–Crippen MR) is 76.2 cm³/mol. The third-order valence-electron chi connectivity index (χ3n) is 2.62. The molecule has 1 aromatic carbocycles. The SMILES string of the molecule is O=[N+]([O-])c1ccc(N=P(Cl)(Cl)N2CCOCC2)cc1. The number of hydrogen-bond donors (Lipinski definition) is 0. The van der Waals surface area contributed by atoms with Gasteiger partial charge in [-0.3, -0.25) is 10.1 Å². The second kappa shape index (κ2) is 6.20. The van der Waals surface area contributed by atoms with Crippen LogP contribution in [0, 0.1) is 10.1 Å². The number of hydrogen-bond acceptors (Lipinski definition) is 4. The van der Waals surface area contributed by atoms with E-state index in [4.69, 9.17) is 27.2 Å². The second-order valence-corrected chi connectivity index (χ2v) is 8.92. The van der Waals surface area contributed by atoms with Crippen LogP contribution in [0.15, 0.2) is 29.0 Å². The second-order valence-electron chi connectivity index (χ2n) is 3.90. The third kappa shape index (κ3) is 3.91. The third-order valence-corrected chi connectivity index (χ3v) is 5.91. The van der Waals surface area contributed by atoms with Gasteiger partial charge in [-0.15, -0.1) is 0 Å². The highest BCUT2D eigenvalue weighted by atomic mass is 35.9.